The van der Waals surface area contributed by atoms with E-state index in [1.165, 1.54) is 0 Å². The van der Waals surface area contributed by atoms with E-state index in [0.29, 0.717) is 6.42 Å². The van der Waals surface area contributed by atoms with E-state index in [0.717, 1.165) is 0 Å². The van der Waals surface area contributed by atoms with E-state index in [1.807, 2.05) is 0 Å². The van der Waals surface area contributed by atoms with Crippen molar-refractivity contribution >= 4 is 35.6 Å². The molecule has 0 saturated carbocycles. The van der Waals surface area contributed by atoms with Crippen LogP contribution in [-0.2, 0) is 28.8 Å². The van der Waals surface area contributed by atoms with Crippen LogP contribution in [0.4, 0.5) is 0 Å². The Labute approximate surface area is 198 Å². The molecule has 0 saturated heterocycles. The monoisotopic (exact) mass is 487 g/mol. The van der Waals surface area contributed by atoms with Gasteiger partial charge in [-0.15, -0.1) is 0 Å². The van der Waals surface area contributed by atoms with Crippen LogP contribution in [-0.4, -0.2) is 69.9 Å². The number of amides is 4. The molecule has 194 valence electrons. The van der Waals surface area contributed by atoms with E-state index in [9.17, 15) is 33.9 Å². The summed E-state index contributed by atoms with van der Waals surface area (Å²) in [5.74, 6) is -6.29. The van der Waals surface area contributed by atoms with Crippen LogP contribution in [0.1, 0.15) is 59.8 Å². The summed E-state index contributed by atoms with van der Waals surface area (Å²) >= 11 is 0. The molecule has 0 spiro atoms. The first-order valence-corrected chi connectivity index (χ1v) is 11.1. The molecule has 0 aromatic carbocycles. The number of nitrogens with one attached hydrogen (secondary N) is 3. The van der Waals surface area contributed by atoms with Crippen molar-refractivity contribution in [3.8, 4) is 0 Å². The van der Waals surface area contributed by atoms with Crippen molar-refractivity contribution in [2.24, 2.45) is 23.3 Å². The van der Waals surface area contributed by atoms with Crippen molar-refractivity contribution in [2.75, 3.05) is 0 Å². The van der Waals surface area contributed by atoms with Crippen LogP contribution in [0.15, 0.2) is 0 Å². The molecule has 13 heteroatoms. The van der Waals surface area contributed by atoms with Crippen molar-refractivity contribution in [1.29, 1.82) is 0 Å². The normalized spacial score (nSPS) is 15.4. The Kier molecular flexibility index (Phi) is 13.4. The van der Waals surface area contributed by atoms with E-state index < -0.39 is 78.0 Å². The van der Waals surface area contributed by atoms with Gasteiger partial charge in [0.2, 0.25) is 23.6 Å². The summed E-state index contributed by atoms with van der Waals surface area (Å²) in [7, 11) is 0. The minimum absolute atomic E-state index is 0.0244. The number of aliphatic carboxylic acids is 2. The molecular formula is C21H37N5O8. The molecule has 0 bridgehead atoms. The van der Waals surface area contributed by atoms with E-state index in [4.69, 9.17) is 16.6 Å². The number of carboxylic acid groups (broad SMARTS) is 2. The lowest BCUT2D eigenvalue weighted by molar-refractivity contribution is -0.144. The lowest BCUT2D eigenvalue weighted by Crippen LogP contribution is -2.59. The number of hydrogen-bond acceptors (Lipinski definition) is 7. The zero-order valence-corrected chi connectivity index (χ0v) is 20.0. The maximum absolute atomic E-state index is 12.9. The molecule has 34 heavy (non-hydrogen) atoms. The van der Waals surface area contributed by atoms with Gasteiger partial charge in [-0.05, 0) is 24.7 Å². The second kappa shape index (κ2) is 14.8. The van der Waals surface area contributed by atoms with Crippen LogP contribution in [0, 0.1) is 11.8 Å². The van der Waals surface area contributed by atoms with Crippen LogP contribution in [0.5, 0.6) is 0 Å². The summed E-state index contributed by atoms with van der Waals surface area (Å²) < 4.78 is 0. The molecule has 0 aliphatic carbocycles. The molecule has 4 amide bonds. The number of carboxylic acids is 2. The Morgan fingerprint density at radius 2 is 1.35 bits per heavy atom. The third-order valence-corrected chi connectivity index (χ3v) is 5.34. The maximum atomic E-state index is 12.9. The highest BCUT2D eigenvalue weighted by Gasteiger charge is 2.33. The molecule has 0 aromatic heterocycles. The summed E-state index contributed by atoms with van der Waals surface area (Å²) in [5.41, 5.74) is 10.8. The van der Waals surface area contributed by atoms with Gasteiger partial charge >= 0.3 is 11.9 Å². The molecule has 13 nitrogen and oxygen atoms in total. The Balaban J connectivity index is 5.52. The second-order valence-corrected chi connectivity index (χ2v) is 8.55. The van der Waals surface area contributed by atoms with Gasteiger partial charge < -0.3 is 37.6 Å². The number of rotatable bonds is 16. The molecular weight excluding hydrogens is 450 g/mol. The minimum atomic E-state index is -1.35. The molecule has 0 aromatic rings. The molecule has 0 rings (SSSR count). The Morgan fingerprint density at radius 3 is 1.79 bits per heavy atom. The van der Waals surface area contributed by atoms with Gasteiger partial charge in [-0.25, -0.2) is 4.79 Å². The predicted octanol–water partition coefficient (Wildman–Crippen LogP) is -1.31. The number of nitrogens with two attached hydrogens (primary N) is 2. The number of hydrogen-bond donors (Lipinski definition) is 7. The van der Waals surface area contributed by atoms with E-state index in [2.05, 4.69) is 16.0 Å². The van der Waals surface area contributed by atoms with Crippen LogP contribution < -0.4 is 27.4 Å². The van der Waals surface area contributed by atoms with E-state index in [1.54, 1.807) is 27.7 Å². The first-order valence-electron chi connectivity index (χ1n) is 11.1. The molecule has 0 aliphatic heterocycles. The largest absolute Gasteiger partial charge is 0.481 e. The number of carbonyl (C=O) groups is 6. The topological polar surface area (TPSA) is 231 Å². The quantitative estimate of drug-likeness (QED) is 0.137. The second-order valence-electron chi connectivity index (χ2n) is 8.55. The summed E-state index contributed by atoms with van der Waals surface area (Å²) in [6.07, 6.45) is -0.442. The minimum Gasteiger partial charge on any atom is -0.481 e. The third-order valence-electron chi connectivity index (χ3n) is 5.34. The average Bonchev–Trinajstić information content (AvgIpc) is 2.74. The van der Waals surface area contributed by atoms with Crippen molar-refractivity contribution in [3.63, 3.8) is 0 Å². The van der Waals surface area contributed by atoms with Gasteiger partial charge in [0.05, 0.1) is 6.04 Å². The standard InChI is InChI=1S/C21H37N5O8/c1-5-11(4)17(21(33)34)26-19(31)13(7-9-15(28)29)24-20(32)16(10(2)3)25-18(30)12(22)6-8-14(23)27/h10-13,16-17H,5-9,22H2,1-4H3,(H2,23,27)(H,24,32)(H,25,30)(H,26,31)(H,28,29)(H,33,34). The van der Waals surface area contributed by atoms with Crippen LogP contribution in [0.25, 0.3) is 0 Å². The molecule has 0 heterocycles. The third kappa shape index (κ3) is 11.1. The van der Waals surface area contributed by atoms with Gasteiger partial charge in [-0.1, -0.05) is 34.1 Å². The van der Waals surface area contributed by atoms with E-state index in [-0.39, 0.29) is 19.3 Å². The first kappa shape index (κ1) is 30.8. The SMILES string of the molecule is CCC(C)C(NC(=O)C(CCC(=O)O)NC(=O)C(NC(=O)C(N)CCC(N)=O)C(C)C)C(=O)O. The fourth-order valence-corrected chi connectivity index (χ4v) is 2.96. The number of carbonyl (C=O) groups excluding carboxylic acids is 4. The molecule has 0 radical (unpaired) electrons. The average molecular weight is 488 g/mol. The van der Waals surface area contributed by atoms with Gasteiger partial charge in [0, 0.05) is 12.8 Å². The Morgan fingerprint density at radius 1 is 0.794 bits per heavy atom. The lowest BCUT2D eigenvalue weighted by Gasteiger charge is -2.27. The Hall–Kier alpha value is -3.22. The highest BCUT2D eigenvalue weighted by Crippen LogP contribution is 2.10. The van der Waals surface area contributed by atoms with Crippen molar-refractivity contribution in [1.82, 2.24) is 16.0 Å². The highest BCUT2D eigenvalue weighted by atomic mass is 16.4. The lowest BCUT2D eigenvalue weighted by atomic mass is 9.98. The Bertz CT molecular complexity index is 757. The zero-order valence-electron chi connectivity index (χ0n) is 20.0. The summed E-state index contributed by atoms with van der Waals surface area (Å²) in [4.78, 5) is 71.5. The van der Waals surface area contributed by atoms with Gasteiger partial charge in [0.15, 0.2) is 0 Å². The smallest absolute Gasteiger partial charge is 0.326 e. The van der Waals surface area contributed by atoms with Gasteiger partial charge in [0.25, 0.3) is 0 Å². The first-order chi connectivity index (χ1) is 15.7. The molecule has 9 N–H and O–H groups in total. The molecule has 5 atom stereocenters. The van der Waals surface area contributed by atoms with Crippen molar-refractivity contribution in [3.05, 3.63) is 0 Å². The molecule has 0 aliphatic rings. The van der Waals surface area contributed by atoms with Gasteiger partial charge in [-0.2, -0.15) is 0 Å². The van der Waals surface area contributed by atoms with Crippen LogP contribution in [0.2, 0.25) is 0 Å². The summed E-state index contributed by atoms with van der Waals surface area (Å²) in [6.45, 7) is 6.65. The number of primary amides is 1. The molecule has 5 unspecified atom stereocenters. The summed E-state index contributed by atoms with van der Waals surface area (Å²) in [5, 5.41) is 25.6. The maximum Gasteiger partial charge on any atom is 0.326 e. The summed E-state index contributed by atoms with van der Waals surface area (Å²) in [6, 6.07) is -4.81. The fourth-order valence-electron chi connectivity index (χ4n) is 2.96. The fraction of sp³-hybridized carbons (Fsp3) is 0.714. The van der Waals surface area contributed by atoms with Crippen LogP contribution in [0.3, 0.4) is 0 Å². The van der Waals surface area contributed by atoms with Gasteiger partial charge in [0.1, 0.15) is 18.1 Å². The van der Waals surface area contributed by atoms with Crippen LogP contribution >= 0.6 is 0 Å². The highest BCUT2D eigenvalue weighted by molar-refractivity contribution is 5.94. The van der Waals surface area contributed by atoms with E-state index >= 15 is 0 Å². The predicted molar refractivity (Wildman–Crippen MR) is 121 cm³/mol. The zero-order chi connectivity index (χ0) is 26.6. The van der Waals surface area contributed by atoms with Crippen molar-refractivity contribution in [2.45, 2.75) is 84.0 Å². The molecule has 0 fully saturated rings. The van der Waals surface area contributed by atoms with Gasteiger partial charge in [-0.3, -0.25) is 24.0 Å². The van der Waals surface area contributed by atoms with Crippen molar-refractivity contribution < 1.29 is 39.0 Å².